The minimum Gasteiger partial charge on any atom is -0.302 e. The van der Waals surface area contributed by atoms with Gasteiger partial charge in [0.1, 0.15) is 0 Å². The number of aromatic nitrogens is 2. The van der Waals surface area contributed by atoms with Gasteiger partial charge in [-0.1, -0.05) is 12.1 Å². The minimum atomic E-state index is -3.57. The molecule has 5 nitrogen and oxygen atoms in total. The van der Waals surface area contributed by atoms with Gasteiger partial charge < -0.3 is 4.57 Å². The lowest BCUT2D eigenvalue weighted by atomic mass is 10.2. The second kappa shape index (κ2) is 4.86. The Morgan fingerprint density at radius 1 is 1.21 bits per heavy atom. The average molecular weight is 301 g/mol. The molecule has 0 spiro atoms. The smallest absolute Gasteiger partial charge is 0.302 e. The Morgan fingerprint density at radius 3 is 2.21 bits per heavy atom. The van der Waals surface area contributed by atoms with Gasteiger partial charge in [0.25, 0.3) is 0 Å². The monoisotopic (exact) mass is 300 g/mol. The Kier molecular flexibility index (Phi) is 3.56. The van der Waals surface area contributed by atoms with E-state index < -0.39 is 9.05 Å². The molecule has 1 aromatic heterocycles. The van der Waals surface area contributed by atoms with Crippen LogP contribution in [0.15, 0.2) is 35.3 Å². The predicted octanol–water partition coefficient (Wildman–Crippen LogP) is 1.55. The van der Waals surface area contributed by atoms with Gasteiger partial charge in [0.2, 0.25) is 9.05 Å². The van der Waals surface area contributed by atoms with E-state index in [9.17, 15) is 13.2 Å². The van der Waals surface area contributed by atoms with E-state index in [0.717, 1.165) is 5.69 Å². The van der Waals surface area contributed by atoms with Gasteiger partial charge in [-0.15, -0.1) is 0 Å². The lowest BCUT2D eigenvalue weighted by Crippen LogP contribution is -2.21. The molecular formula is C12H13ClN2O3S. The molecule has 0 N–H and O–H groups in total. The zero-order valence-corrected chi connectivity index (χ0v) is 12.1. The van der Waals surface area contributed by atoms with Gasteiger partial charge in [0.15, 0.2) is 0 Å². The maximum absolute atomic E-state index is 11.9. The molecule has 1 aromatic carbocycles. The fourth-order valence-electron chi connectivity index (χ4n) is 1.96. The van der Waals surface area contributed by atoms with Crippen molar-refractivity contribution in [2.45, 2.75) is 12.7 Å². The van der Waals surface area contributed by atoms with Crippen LogP contribution in [0, 0.1) is 6.92 Å². The van der Waals surface area contributed by atoms with Crippen LogP contribution in [0.1, 0.15) is 11.3 Å². The van der Waals surface area contributed by atoms with Gasteiger partial charge in [0, 0.05) is 29.6 Å². The maximum Gasteiger partial charge on any atom is 0.332 e. The molecule has 0 fully saturated rings. The maximum atomic E-state index is 11.9. The predicted molar refractivity (Wildman–Crippen MR) is 74.2 cm³/mol. The highest BCUT2D eigenvalue weighted by Gasteiger charge is 2.10. The lowest BCUT2D eigenvalue weighted by Gasteiger charge is -2.05. The van der Waals surface area contributed by atoms with Gasteiger partial charge >= 0.3 is 5.69 Å². The Labute approximate surface area is 115 Å². The highest BCUT2D eigenvalue weighted by molar-refractivity contribution is 8.13. The number of rotatable bonds is 3. The van der Waals surface area contributed by atoms with E-state index >= 15 is 0 Å². The summed E-state index contributed by atoms with van der Waals surface area (Å²) in [6.07, 6.45) is 1.74. The molecule has 2 aromatic rings. The van der Waals surface area contributed by atoms with Gasteiger partial charge in [-0.05, 0) is 24.6 Å². The number of halogens is 1. The molecule has 1 heterocycles. The van der Waals surface area contributed by atoms with E-state index in [4.69, 9.17) is 10.7 Å². The van der Waals surface area contributed by atoms with Gasteiger partial charge in [-0.3, -0.25) is 4.57 Å². The van der Waals surface area contributed by atoms with Crippen molar-refractivity contribution in [3.63, 3.8) is 0 Å². The molecule has 0 unspecified atom stereocenters. The molecule has 0 aliphatic heterocycles. The fourth-order valence-corrected chi connectivity index (χ4v) is 2.92. The number of nitrogens with zero attached hydrogens (tertiary/aromatic N) is 2. The van der Waals surface area contributed by atoms with Crippen LogP contribution in [-0.2, 0) is 21.9 Å². The van der Waals surface area contributed by atoms with Crippen molar-refractivity contribution in [1.82, 2.24) is 9.13 Å². The highest BCUT2D eigenvalue weighted by atomic mass is 35.7. The molecule has 0 radical (unpaired) electrons. The molecule has 0 atom stereocenters. The fraction of sp³-hybridized carbons (Fsp3) is 0.250. The van der Waals surface area contributed by atoms with Crippen molar-refractivity contribution in [2.75, 3.05) is 0 Å². The Bertz CT molecular complexity index is 757. The van der Waals surface area contributed by atoms with E-state index in [0.29, 0.717) is 11.3 Å². The average Bonchev–Trinajstić information content (AvgIpc) is 2.53. The van der Waals surface area contributed by atoms with Crippen molar-refractivity contribution < 1.29 is 8.42 Å². The summed E-state index contributed by atoms with van der Waals surface area (Å²) >= 11 is 0. The van der Waals surface area contributed by atoms with Crippen molar-refractivity contribution in [1.29, 1.82) is 0 Å². The number of hydrogen-bond donors (Lipinski definition) is 0. The molecule has 0 aliphatic carbocycles. The quantitative estimate of drug-likeness (QED) is 0.808. The van der Waals surface area contributed by atoms with E-state index in [-0.39, 0.29) is 11.4 Å². The first-order valence-corrected chi connectivity index (χ1v) is 8.02. The topological polar surface area (TPSA) is 61.1 Å². The Balaban J connectivity index is 2.41. The van der Waals surface area contributed by atoms with E-state index in [1.807, 2.05) is 6.92 Å². The van der Waals surface area contributed by atoms with Crippen LogP contribution >= 0.6 is 10.7 Å². The molecule has 0 aliphatic rings. The third-order valence-corrected chi connectivity index (χ3v) is 3.77. The van der Waals surface area contributed by atoms with Crippen LogP contribution in [0.2, 0.25) is 0 Å². The summed E-state index contributed by atoms with van der Waals surface area (Å²) in [6.45, 7) is 1.83. The van der Waals surface area contributed by atoms with E-state index in [1.54, 1.807) is 42.1 Å². The first-order valence-electron chi connectivity index (χ1n) is 5.54. The lowest BCUT2D eigenvalue weighted by molar-refractivity contribution is 0.609. The summed E-state index contributed by atoms with van der Waals surface area (Å²) in [5.74, 6) is -0.225. The number of hydrogen-bond acceptors (Lipinski definition) is 3. The zero-order valence-electron chi connectivity index (χ0n) is 10.5. The van der Waals surface area contributed by atoms with E-state index in [1.165, 1.54) is 4.57 Å². The first-order chi connectivity index (χ1) is 8.78. The standard InChI is InChI=1S/C12H13ClN2O3S/c1-9-7-14(2)12(16)15(9)11-5-3-10(4-6-11)8-19(13,17)18/h3-7H,8H2,1-2H3. The summed E-state index contributed by atoms with van der Waals surface area (Å²) in [5.41, 5.74) is 1.94. The second-order valence-electron chi connectivity index (χ2n) is 4.35. The molecule has 0 bridgehead atoms. The van der Waals surface area contributed by atoms with Crippen LogP contribution in [-0.4, -0.2) is 17.6 Å². The summed E-state index contributed by atoms with van der Waals surface area (Å²) in [5, 5.41) is 0. The first kappa shape index (κ1) is 13.9. The van der Waals surface area contributed by atoms with Crippen LogP contribution in [0.25, 0.3) is 5.69 Å². The molecule has 0 amide bonds. The van der Waals surface area contributed by atoms with Gasteiger partial charge in [0.05, 0.1) is 11.4 Å². The Morgan fingerprint density at radius 2 is 1.79 bits per heavy atom. The highest BCUT2D eigenvalue weighted by Crippen LogP contribution is 2.14. The molecule has 0 saturated carbocycles. The van der Waals surface area contributed by atoms with Crippen LogP contribution in [0.3, 0.4) is 0 Å². The number of benzene rings is 1. The third-order valence-electron chi connectivity index (χ3n) is 2.76. The van der Waals surface area contributed by atoms with Gasteiger partial charge in [-0.25, -0.2) is 13.2 Å². The largest absolute Gasteiger partial charge is 0.332 e. The molecule has 2 rings (SSSR count). The SMILES string of the molecule is Cc1cn(C)c(=O)n1-c1ccc(CS(=O)(=O)Cl)cc1. The zero-order chi connectivity index (χ0) is 14.2. The summed E-state index contributed by atoms with van der Waals surface area (Å²) in [7, 11) is 3.31. The number of imidazole rings is 1. The number of aryl methyl sites for hydroxylation is 2. The van der Waals surface area contributed by atoms with Crippen molar-refractivity contribution in [3.05, 3.63) is 52.2 Å². The molecule has 0 saturated heterocycles. The van der Waals surface area contributed by atoms with Crippen molar-refractivity contribution in [3.8, 4) is 5.69 Å². The van der Waals surface area contributed by atoms with Crippen LogP contribution in [0.5, 0.6) is 0 Å². The van der Waals surface area contributed by atoms with E-state index in [2.05, 4.69) is 0 Å². The molecule has 19 heavy (non-hydrogen) atoms. The Hall–Kier alpha value is -1.53. The summed E-state index contributed by atoms with van der Waals surface area (Å²) in [4.78, 5) is 11.9. The molecular weight excluding hydrogens is 288 g/mol. The van der Waals surface area contributed by atoms with Crippen molar-refractivity contribution >= 4 is 19.7 Å². The van der Waals surface area contributed by atoms with Crippen LogP contribution < -0.4 is 5.69 Å². The molecule has 102 valence electrons. The van der Waals surface area contributed by atoms with Gasteiger partial charge in [-0.2, -0.15) is 0 Å². The normalized spacial score (nSPS) is 11.7. The third kappa shape index (κ3) is 3.08. The van der Waals surface area contributed by atoms with Crippen LogP contribution in [0.4, 0.5) is 0 Å². The summed E-state index contributed by atoms with van der Waals surface area (Å²) in [6, 6.07) is 6.69. The van der Waals surface area contributed by atoms with Crippen molar-refractivity contribution in [2.24, 2.45) is 7.05 Å². The summed E-state index contributed by atoms with van der Waals surface area (Å²) < 4.78 is 25.0. The minimum absolute atomic E-state index is 0.143. The molecule has 7 heteroatoms. The second-order valence-corrected chi connectivity index (χ2v) is 7.13.